The first kappa shape index (κ1) is 16.6. The van der Waals surface area contributed by atoms with Crippen LogP contribution in [-0.4, -0.2) is 38.8 Å². The first-order chi connectivity index (χ1) is 12.2. The highest BCUT2D eigenvalue weighted by Crippen LogP contribution is 2.43. The zero-order chi connectivity index (χ0) is 17.3. The van der Waals surface area contributed by atoms with Crippen LogP contribution in [0.5, 0.6) is 11.5 Å². The topological polar surface area (TPSA) is 54.9 Å². The van der Waals surface area contributed by atoms with Crippen molar-refractivity contribution in [3.8, 4) is 11.5 Å². The average molecular weight is 343 g/mol. The molecule has 0 amide bonds. The van der Waals surface area contributed by atoms with Gasteiger partial charge in [0.05, 0.1) is 0 Å². The summed E-state index contributed by atoms with van der Waals surface area (Å²) in [6, 6.07) is 7.07. The molecule has 0 aromatic heterocycles. The van der Waals surface area contributed by atoms with Crippen LogP contribution in [0.15, 0.2) is 23.2 Å². The number of benzene rings is 1. The zero-order valence-electron chi connectivity index (χ0n) is 15.3. The zero-order valence-corrected chi connectivity index (χ0v) is 15.3. The Hall–Kier alpha value is -1.91. The van der Waals surface area contributed by atoms with Gasteiger partial charge in [-0.3, -0.25) is 4.99 Å². The smallest absolute Gasteiger partial charge is 0.191 e. The fourth-order valence-corrected chi connectivity index (χ4v) is 4.14. The normalized spacial score (nSPS) is 27.0. The Morgan fingerprint density at radius 3 is 2.60 bits per heavy atom. The molecular formula is C20H29N3O2. The van der Waals surface area contributed by atoms with Crippen molar-refractivity contribution in [2.24, 2.45) is 10.9 Å². The maximum atomic E-state index is 5.81. The third kappa shape index (κ3) is 3.42. The molecule has 5 nitrogen and oxygen atoms in total. The number of nitrogens with zero attached hydrogens (tertiary/aromatic N) is 1. The second kappa shape index (κ2) is 6.77. The number of aliphatic imine (C=N–C) groups is 1. The largest absolute Gasteiger partial charge is 0.486 e. The van der Waals surface area contributed by atoms with E-state index >= 15 is 0 Å². The molecule has 0 bridgehead atoms. The first-order valence-corrected chi connectivity index (χ1v) is 9.57. The van der Waals surface area contributed by atoms with E-state index in [0.717, 1.165) is 29.9 Å². The van der Waals surface area contributed by atoms with Gasteiger partial charge in [-0.05, 0) is 42.9 Å². The predicted molar refractivity (Wildman–Crippen MR) is 99.6 cm³/mol. The van der Waals surface area contributed by atoms with Crippen molar-refractivity contribution < 1.29 is 9.47 Å². The van der Waals surface area contributed by atoms with Gasteiger partial charge >= 0.3 is 0 Å². The molecule has 136 valence electrons. The van der Waals surface area contributed by atoms with Gasteiger partial charge in [0.15, 0.2) is 17.5 Å². The van der Waals surface area contributed by atoms with Crippen LogP contribution in [0, 0.1) is 5.92 Å². The molecule has 2 fully saturated rings. The van der Waals surface area contributed by atoms with Crippen LogP contribution in [0.25, 0.3) is 0 Å². The van der Waals surface area contributed by atoms with Gasteiger partial charge in [0.25, 0.3) is 0 Å². The molecule has 2 unspecified atom stereocenters. The molecule has 1 heterocycles. The van der Waals surface area contributed by atoms with E-state index in [1.807, 2.05) is 7.05 Å². The third-order valence-corrected chi connectivity index (χ3v) is 5.96. The van der Waals surface area contributed by atoms with E-state index in [0.29, 0.717) is 19.3 Å². The van der Waals surface area contributed by atoms with E-state index in [9.17, 15) is 0 Å². The third-order valence-electron chi connectivity index (χ3n) is 5.96. The highest BCUT2D eigenvalue weighted by molar-refractivity contribution is 5.80. The molecule has 1 aromatic carbocycles. The summed E-state index contributed by atoms with van der Waals surface area (Å²) >= 11 is 0. The van der Waals surface area contributed by atoms with Crippen LogP contribution in [0.1, 0.15) is 44.6 Å². The van der Waals surface area contributed by atoms with Crippen molar-refractivity contribution in [3.05, 3.63) is 23.8 Å². The van der Waals surface area contributed by atoms with Crippen molar-refractivity contribution >= 4 is 5.96 Å². The van der Waals surface area contributed by atoms with E-state index in [-0.39, 0.29) is 5.41 Å². The summed E-state index contributed by atoms with van der Waals surface area (Å²) in [5, 5.41) is 7.12. The lowest BCUT2D eigenvalue weighted by Crippen LogP contribution is -2.45. The van der Waals surface area contributed by atoms with E-state index in [2.05, 4.69) is 40.7 Å². The quantitative estimate of drug-likeness (QED) is 0.652. The Balaban J connectivity index is 1.49. The summed E-state index contributed by atoms with van der Waals surface area (Å²) in [5.74, 6) is 3.45. The number of hydrogen-bond acceptors (Lipinski definition) is 3. The molecule has 1 aromatic rings. The highest BCUT2D eigenvalue weighted by Gasteiger charge is 2.37. The van der Waals surface area contributed by atoms with Gasteiger partial charge in [0.2, 0.25) is 0 Å². The minimum Gasteiger partial charge on any atom is -0.486 e. The van der Waals surface area contributed by atoms with Crippen molar-refractivity contribution in [1.29, 1.82) is 0 Å². The number of hydrogen-bond donors (Lipinski definition) is 2. The molecule has 2 aliphatic carbocycles. The van der Waals surface area contributed by atoms with Gasteiger partial charge in [-0.2, -0.15) is 0 Å². The van der Waals surface area contributed by atoms with Crippen LogP contribution in [0.2, 0.25) is 0 Å². The van der Waals surface area contributed by atoms with Gasteiger partial charge in [0.1, 0.15) is 13.2 Å². The lowest BCUT2D eigenvalue weighted by Gasteiger charge is -2.32. The number of guanidine groups is 1. The molecule has 3 aliphatic rings. The molecular weight excluding hydrogens is 314 g/mol. The molecule has 0 radical (unpaired) electrons. The Bertz CT molecular complexity index is 652. The molecule has 0 saturated heterocycles. The fraction of sp³-hybridized carbons (Fsp3) is 0.650. The van der Waals surface area contributed by atoms with Crippen LogP contribution >= 0.6 is 0 Å². The number of fused-ring (bicyclic) bond motifs is 1. The maximum Gasteiger partial charge on any atom is 0.191 e. The average Bonchev–Trinajstić information content (AvgIpc) is 3.14. The molecule has 4 rings (SSSR count). The minimum absolute atomic E-state index is 0.155. The van der Waals surface area contributed by atoms with E-state index in [4.69, 9.17) is 9.47 Å². The second-order valence-corrected chi connectivity index (χ2v) is 7.74. The van der Waals surface area contributed by atoms with Gasteiger partial charge < -0.3 is 20.1 Å². The molecule has 25 heavy (non-hydrogen) atoms. The molecule has 2 saturated carbocycles. The van der Waals surface area contributed by atoms with Crippen LogP contribution in [-0.2, 0) is 5.41 Å². The van der Waals surface area contributed by atoms with Crippen molar-refractivity contribution in [1.82, 2.24) is 10.6 Å². The van der Waals surface area contributed by atoms with Gasteiger partial charge in [0, 0.05) is 25.0 Å². The Labute approximate surface area is 150 Å². The number of ether oxygens (including phenoxy) is 2. The number of rotatable bonds is 4. The molecule has 0 spiro atoms. The van der Waals surface area contributed by atoms with E-state index < -0.39 is 0 Å². The van der Waals surface area contributed by atoms with E-state index in [1.54, 1.807) is 0 Å². The van der Waals surface area contributed by atoms with Gasteiger partial charge in [-0.25, -0.2) is 0 Å². The summed E-state index contributed by atoms with van der Waals surface area (Å²) in [6.45, 7) is 4.46. The van der Waals surface area contributed by atoms with Crippen LogP contribution in [0.3, 0.4) is 0 Å². The molecule has 2 N–H and O–H groups in total. The van der Waals surface area contributed by atoms with Gasteiger partial charge in [-0.1, -0.05) is 25.8 Å². The first-order valence-electron chi connectivity index (χ1n) is 9.57. The summed E-state index contributed by atoms with van der Waals surface area (Å²) in [4.78, 5) is 4.41. The molecule has 2 atom stereocenters. The summed E-state index contributed by atoms with van der Waals surface area (Å²) in [7, 11) is 1.85. The SMILES string of the molecule is CN=C(NCC1(c2ccc3c(c2)OCCO3)CCCC1)NC1CC1C. The van der Waals surface area contributed by atoms with Crippen LogP contribution in [0.4, 0.5) is 0 Å². The summed E-state index contributed by atoms with van der Waals surface area (Å²) in [5.41, 5.74) is 1.51. The minimum atomic E-state index is 0.155. The standard InChI is InChI=1S/C20H29N3O2/c1-14-11-16(14)23-19(21-2)22-13-20(7-3-4-8-20)15-5-6-17-18(12-15)25-10-9-24-17/h5-6,12,14,16H,3-4,7-11,13H2,1-2H3,(H2,21,22,23). The molecule has 5 heteroatoms. The lowest BCUT2D eigenvalue weighted by atomic mass is 9.78. The van der Waals surface area contributed by atoms with Crippen molar-refractivity contribution in [3.63, 3.8) is 0 Å². The number of nitrogens with one attached hydrogen (secondary N) is 2. The predicted octanol–water partition coefficient (Wildman–Crippen LogP) is 2.84. The lowest BCUT2D eigenvalue weighted by molar-refractivity contribution is 0.171. The maximum absolute atomic E-state index is 5.81. The summed E-state index contributed by atoms with van der Waals surface area (Å²) in [6.07, 6.45) is 6.21. The Morgan fingerprint density at radius 2 is 1.92 bits per heavy atom. The van der Waals surface area contributed by atoms with Gasteiger partial charge in [-0.15, -0.1) is 0 Å². The fourth-order valence-electron chi connectivity index (χ4n) is 4.14. The highest BCUT2D eigenvalue weighted by atomic mass is 16.6. The molecule has 1 aliphatic heterocycles. The second-order valence-electron chi connectivity index (χ2n) is 7.74. The Morgan fingerprint density at radius 1 is 1.20 bits per heavy atom. The van der Waals surface area contributed by atoms with Crippen molar-refractivity contribution in [2.75, 3.05) is 26.8 Å². The monoisotopic (exact) mass is 343 g/mol. The summed E-state index contributed by atoms with van der Waals surface area (Å²) < 4.78 is 11.5. The Kier molecular flexibility index (Phi) is 4.48. The van der Waals surface area contributed by atoms with Crippen LogP contribution < -0.4 is 20.1 Å². The van der Waals surface area contributed by atoms with Crippen molar-refractivity contribution in [2.45, 2.75) is 50.5 Å². The van der Waals surface area contributed by atoms with E-state index in [1.165, 1.54) is 37.7 Å².